The summed E-state index contributed by atoms with van der Waals surface area (Å²) in [5, 5.41) is 3.18. The fourth-order valence-corrected chi connectivity index (χ4v) is 0.720. The first kappa shape index (κ1) is 8.47. The van der Waals surface area contributed by atoms with Crippen LogP contribution in [-0.4, -0.2) is 19.4 Å². The van der Waals surface area contributed by atoms with Crippen LogP contribution in [0.15, 0.2) is 4.99 Å². The van der Waals surface area contributed by atoms with Crippen molar-refractivity contribution < 1.29 is 0 Å². The lowest BCUT2D eigenvalue weighted by Gasteiger charge is -2.03. The van der Waals surface area contributed by atoms with Gasteiger partial charge >= 0.3 is 0 Å². The van der Waals surface area contributed by atoms with Gasteiger partial charge in [-0.2, -0.15) is 0 Å². The van der Waals surface area contributed by atoms with E-state index in [4.69, 9.17) is 0 Å². The molecule has 0 aliphatic rings. The van der Waals surface area contributed by atoms with Crippen LogP contribution in [0.25, 0.3) is 0 Å². The molecule has 0 aliphatic heterocycles. The second-order valence-corrected chi connectivity index (χ2v) is 1.95. The highest BCUT2D eigenvalue weighted by molar-refractivity contribution is 5.81. The van der Waals surface area contributed by atoms with Gasteiger partial charge in [-0.1, -0.05) is 6.92 Å². The molecule has 0 aromatic heterocycles. The molecule has 2 heteroatoms. The molecule has 0 rings (SSSR count). The van der Waals surface area contributed by atoms with Gasteiger partial charge in [0, 0.05) is 20.0 Å². The van der Waals surface area contributed by atoms with E-state index < -0.39 is 0 Å². The summed E-state index contributed by atoms with van der Waals surface area (Å²) in [5.74, 6) is 1.12. The zero-order valence-corrected chi connectivity index (χ0v) is 6.57. The maximum absolute atomic E-state index is 4.07. The van der Waals surface area contributed by atoms with Crippen molar-refractivity contribution in [1.29, 1.82) is 0 Å². The van der Waals surface area contributed by atoms with Gasteiger partial charge in [-0.05, 0) is 13.3 Å². The third-order valence-electron chi connectivity index (χ3n) is 1.14. The summed E-state index contributed by atoms with van der Waals surface area (Å²) in [6.45, 7) is 5.22. The second kappa shape index (κ2) is 5.60. The predicted octanol–water partition coefficient (Wildman–Crippen LogP) is 1.42. The Labute approximate surface area is 57.4 Å². The standard InChI is InChI=1S/C7H16N2/c1-4-6-7(8-3)9-5-2/h4-6H2,1-3H3,(H,8,9). The van der Waals surface area contributed by atoms with E-state index in [1.165, 1.54) is 6.42 Å². The molecule has 0 radical (unpaired) electrons. The highest BCUT2D eigenvalue weighted by atomic mass is 15.0. The van der Waals surface area contributed by atoms with Crippen molar-refractivity contribution in [3.05, 3.63) is 0 Å². The molecule has 0 saturated carbocycles. The second-order valence-electron chi connectivity index (χ2n) is 1.95. The van der Waals surface area contributed by atoms with Crippen LogP contribution >= 0.6 is 0 Å². The molecule has 0 aliphatic carbocycles. The topological polar surface area (TPSA) is 24.4 Å². The average molecular weight is 128 g/mol. The zero-order valence-electron chi connectivity index (χ0n) is 6.57. The molecule has 0 heterocycles. The van der Waals surface area contributed by atoms with E-state index in [-0.39, 0.29) is 0 Å². The molecule has 0 fully saturated rings. The molecular formula is C7H16N2. The summed E-state index contributed by atoms with van der Waals surface area (Å²) in [4.78, 5) is 4.07. The van der Waals surface area contributed by atoms with E-state index in [0.717, 1.165) is 18.8 Å². The van der Waals surface area contributed by atoms with Gasteiger partial charge in [0.25, 0.3) is 0 Å². The molecule has 9 heavy (non-hydrogen) atoms. The van der Waals surface area contributed by atoms with Crippen LogP contribution in [0, 0.1) is 0 Å². The van der Waals surface area contributed by atoms with Gasteiger partial charge in [-0.25, -0.2) is 0 Å². The molecule has 2 nitrogen and oxygen atoms in total. The van der Waals surface area contributed by atoms with E-state index in [0.29, 0.717) is 0 Å². The maximum atomic E-state index is 4.07. The van der Waals surface area contributed by atoms with Crippen molar-refractivity contribution in [2.24, 2.45) is 4.99 Å². The summed E-state index contributed by atoms with van der Waals surface area (Å²) in [6, 6.07) is 0. The normalized spacial score (nSPS) is 11.7. The fraction of sp³-hybridized carbons (Fsp3) is 0.857. The zero-order chi connectivity index (χ0) is 7.11. The Hall–Kier alpha value is -0.530. The highest BCUT2D eigenvalue weighted by Gasteiger charge is 1.90. The van der Waals surface area contributed by atoms with Gasteiger partial charge in [-0.3, -0.25) is 4.99 Å². The summed E-state index contributed by atoms with van der Waals surface area (Å²) < 4.78 is 0. The Balaban J connectivity index is 3.43. The van der Waals surface area contributed by atoms with Crippen LogP contribution in [0.1, 0.15) is 26.7 Å². The van der Waals surface area contributed by atoms with Crippen molar-refractivity contribution in [3.63, 3.8) is 0 Å². The van der Waals surface area contributed by atoms with Crippen molar-refractivity contribution >= 4 is 5.84 Å². The van der Waals surface area contributed by atoms with Gasteiger partial charge in [0.15, 0.2) is 0 Å². The molecule has 0 aromatic rings. The van der Waals surface area contributed by atoms with Crippen molar-refractivity contribution in [1.82, 2.24) is 5.32 Å². The van der Waals surface area contributed by atoms with Crippen molar-refractivity contribution in [2.75, 3.05) is 13.6 Å². The summed E-state index contributed by atoms with van der Waals surface area (Å²) in [7, 11) is 1.83. The number of nitrogens with zero attached hydrogens (tertiary/aromatic N) is 1. The summed E-state index contributed by atoms with van der Waals surface area (Å²) >= 11 is 0. The minimum absolute atomic E-state index is 0.979. The first-order chi connectivity index (χ1) is 4.35. The smallest absolute Gasteiger partial charge is 0.0959 e. The van der Waals surface area contributed by atoms with Crippen LogP contribution in [0.4, 0.5) is 0 Å². The van der Waals surface area contributed by atoms with Crippen LogP contribution in [0.3, 0.4) is 0 Å². The fourth-order valence-electron chi connectivity index (χ4n) is 0.720. The maximum Gasteiger partial charge on any atom is 0.0959 e. The SMILES string of the molecule is CCCC(=NC)NCC. The average Bonchev–Trinajstić information content (AvgIpc) is 1.88. The lowest BCUT2D eigenvalue weighted by molar-refractivity contribution is 0.883. The third-order valence-corrected chi connectivity index (χ3v) is 1.14. The molecule has 54 valence electrons. The van der Waals surface area contributed by atoms with Crippen LogP contribution in [-0.2, 0) is 0 Å². The lowest BCUT2D eigenvalue weighted by Crippen LogP contribution is -2.22. The lowest BCUT2D eigenvalue weighted by atomic mass is 10.3. The van der Waals surface area contributed by atoms with Crippen LogP contribution in [0.2, 0.25) is 0 Å². The van der Waals surface area contributed by atoms with E-state index in [1.807, 2.05) is 7.05 Å². The monoisotopic (exact) mass is 128 g/mol. The Morgan fingerprint density at radius 3 is 2.44 bits per heavy atom. The van der Waals surface area contributed by atoms with Crippen LogP contribution in [0.5, 0.6) is 0 Å². The van der Waals surface area contributed by atoms with E-state index >= 15 is 0 Å². The number of aliphatic imine (C=N–C) groups is 1. The summed E-state index contributed by atoms with van der Waals surface area (Å²) in [6.07, 6.45) is 2.24. The Kier molecular flexibility index (Phi) is 5.27. The number of rotatable bonds is 3. The van der Waals surface area contributed by atoms with Crippen molar-refractivity contribution in [2.45, 2.75) is 26.7 Å². The van der Waals surface area contributed by atoms with E-state index in [1.54, 1.807) is 0 Å². The Morgan fingerprint density at radius 1 is 1.44 bits per heavy atom. The van der Waals surface area contributed by atoms with Crippen molar-refractivity contribution in [3.8, 4) is 0 Å². The number of nitrogens with one attached hydrogen (secondary N) is 1. The minimum Gasteiger partial charge on any atom is -0.374 e. The van der Waals surface area contributed by atoms with Gasteiger partial charge in [0.05, 0.1) is 5.84 Å². The molecule has 1 N–H and O–H groups in total. The third kappa shape index (κ3) is 4.01. The number of hydrogen-bond donors (Lipinski definition) is 1. The largest absolute Gasteiger partial charge is 0.374 e. The minimum atomic E-state index is 0.979. The highest BCUT2D eigenvalue weighted by Crippen LogP contribution is 1.87. The first-order valence-electron chi connectivity index (χ1n) is 3.54. The number of amidine groups is 1. The van der Waals surface area contributed by atoms with Gasteiger partial charge in [0.1, 0.15) is 0 Å². The molecule has 0 bridgehead atoms. The molecule has 0 saturated heterocycles. The molecule has 0 spiro atoms. The molecule has 0 atom stereocenters. The molecule has 0 aromatic carbocycles. The molecular weight excluding hydrogens is 112 g/mol. The predicted molar refractivity (Wildman–Crippen MR) is 41.9 cm³/mol. The Bertz CT molecular complexity index is 78.9. The number of hydrogen-bond acceptors (Lipinski definition) is 1. The quantitative estimate of drug-likeness (QED) is 0.451. The van der Waals surface area contributed by atoms with Gasteiger partial charge in [-0.15, -0.1) is 0 Å². The van der Waals surface area contributed by atoms with Crippen LogP contribution < -0.4 is 5.32 Å². The molecule has 0 amide bonds. The van der Waals surface area contributed by atoms with E-state index in [9.17, 15) is 0 Å². The Morgan fingerprint density at radius 2 is 2.11 bits per heavy atom. The summed E-state index contributed by atoms with van der Waals surface area (Å²) in [5.41, 5.74) is 0. The van der Waals surface area contributed by atoms with Gasteiger partial charge in [0.2, 0.25) is 0 Å². The van der Waals surface area contributed by atoms with Gasteiger partial charge < -0.3 is 5.32 Å². The van der Waals surface area contributed by atoms with E-state index in [2.05, 4.69) is 24.2 Å². The first-order valence-corrected chi connectivity index (χ1v) is 3.54. The molecule has 0 unspecified atom stereocenters.